The summed E-state index contributed by atoms with van der Waals surface area (Å²) < 4.78 is 44.2. The minimum atomic E-state index is -1.22. The second kappa shape index (κ2) is 4.53. The van der Waals surface area contributed by atoms with Gasteiger partial charge in [-0.15, -0.1) is 0 Å². The molecule has 1 heterocycles. The molecule has 0 fully saturated rings. The van der Waals surface area contributed by atoms with Crippen LogP contribution in [0.4, 0.5) is 18.9 Å². The zero-order chi connectivity index (χ0) is 12.4. The van der Waals surface area contributed by atoms with Crippen LogP contribution in [0.2, 0.25) is 0 Å². The maximum absolute atomic E-state index is 13.3. The van der Waals surface area contributed by atoms with Crippen LogP contribution in [0.25, 0.3) is 0 Å². The number of rotatable bonds is 3. The third-order valence-electron chi connectivity index (χ3n) is 2.40. The number of benzene rings is 1. The number of halogens is 3. The average molecular weight is 241 g/mol. The fourth-order valence-corrected chi connectivity index (χ4v) is 1.45. The molecular formula is C12H10F3NO. The van der Waals surface area contributed by atoms with Gasteiger partial charge in [0.25, 0.3) is 0 Å². The highest BCUT2D eigenvalue weighted by Gasteiger charge is 2.11. The first-order valence-electron chi connectivity index (χ1n) is 4.99. The zero-order valence-electron chi connectivity index (χ0n) is 9.06. The molecule has 0 amide bonds. The van der Waals surface area contributed by atoms with Gasteiger partial charge < -0.3 is 9.73 Å². The van der Waals surface area contributed by atoms with Gasteiger partial charge in [0.05, 0.1) is 18.5 Å². The Morgan fingerprint density at radius 3 is 2.65 bits per heavy atom. The summed E-state index contributed by atoms with van der Waals surface area (Å²) in [6, 6.07) is 3.15. The molecule has 0 aliphatic rings. The minimum absolute atomic E-state index is 0.165. The van der Waals surface area contributed by atoms with E-state index in [0.29, 0.717) is 11.8 Å². The molecular weight excluding hydrogens is 231 g/mol. The highest BCUT2D eigenvalue weighted by atomic mass is 19.2. The Hall–Kier alpha value is -1.91. The van der Waals surface area contributed by atoms with Gasteiger partial charge in [-0.2, -0.15) is 0 Å². The lowest BCUT2D eigenvalue weighted by Crippen LogP contribution is -2.03. The molecule has 1 aromatic carbocycles. The van der Waals surface area contributed by atoms with Crippen molar-refractivity contribution in [2.45, 2.75) is 13.5 Å². The quantitative estimate of drug-likeness (QED) is 0.830. The molecule has 0 saturated heterocycles. The molecule has 17 heavy (non-hydrogen) atoms. The average Bonchev–Trinajstić information content (AvgIpc) is 2.67. The molecule has 0 aliphatic carbocycles. The van der Waals surface area contributed by atoms with Crippen molar-refractivity contribution < 1.29 is 17.6 Å². The fraction of sp³-hybridized carbons (Fsp3) is 0.167. The predicted molar refractivity (Wildman–Crippen MR) is 57.1 cm³/mol. The van der Waals surface area contributed by atoms with E-state index in [1.807, 2.05) is 6.92 Å². The summed E-state index contributed by atoms with van der Waals surface area (Å²) in [4.78, 5) is 0. The van der Waals surface area contributed by atoms with Crippen molar-refractivity contribution in [1.82, 2.24) is 0 Å². The Kier molecular flexibility index (Phi) is 3.08. The van der Waals surface area contributed by atoms with E-state index < -0.39 is 17.5 Å². The van der Waals surface area contributed by atoms with Crippen LogP contribution in [0.5, 0.6) is 0 Å². The molecule has 0 bridgehead atoms. The lowest BCUT2D eigenvalue weighted by Gasteiger charge is -2.07. The van der Waals surface area contributed by atoms with Crippen LogP contribution in [0.3, 0.4) is 0 Å². The summed E-state index contributed by atoms with van der Waals surface area (Å²) in [6.45, 7) is 1.99. The molecule has 0 radical (unpaired) electrons. The second-order valence-electron chi connectivity index (χ2n) is 3.63. The second-order valence-corrected chi connectivity index (χ2v) is 3.63. The first kappa shape index (κ1) is 11.6. The highest BCUT2D eigenvalue weighted by Crippen LogP contribution is 2.20. The number of nitrogens with one attached hydrogen (secondary N) is 1. The van der Waals surface area contributed by atoms with Crippen LogP contribution in [-0.4, -0.2) is 0 Å². The molecule has 1 N–H and O–H groups in total. The van der Waals surface area contributed by atoms with Gasteiger partial charge in [0.15, 0.2) is 11.6 Å². The van der Waals surface area contributed by atoms with E-state index in [9.17, 15) is 13.2 Å². The summed E-state index contributed by atoms with van der Waals surface area (Å²) in [5, 5.41) is 2.59. The van der Waals surface area contributed by atoms with Crippen molar-refractivity contribution in [3.63, 3.8) is 0 Å². The van der Waals surface area contributed by atoms with Gasteiger partial charge in [0.2, 0.25) is 0 Å². The van der Waals surface area contributed by atoms with Gasteiger partial charge in [0.1, 0.15) is 11.6 Å². The smallest absolute Gasteiger partial charge is 0.182 e. The first-order valence-corrected chi connectivity index (χ1v) is 4.99. The number of hydrogen-bond acceptors (Lipinski definition) is 2. The molecule has 0 unspecified atom stereocenters. The lowest BCUT2D eigenvalue weighted by atomic mass is 10.2. The molecule has 0 saturated carbocycles. The Bertz CT molecular complexity index is 537. The Balaban J connectivity index is 2.17. The standard InChI is InChI=1S/C12H10F3NO/c1-7-2-3-17-11(7)6-16-10-5-8(13)4-9(14)12(10)15/h2-5,16H,6H2,1H3. The van der Waals surface area contributed by atoms with E-state index in [0.717, 1.165) is 11.6 Å². The lowest BCUT2D eigenvalue weighted by molar-refractivity contribution is 0.493. The van der Waals surface area contributed by atoms with Crippen LogP contribution in [0, 0.1) is 24.4 Å². The largest absolute Gasteiger partial charge is 0.467 e. The van der Waals surface area contributed by atoms with Crippen molar-refractivity contribution in [3.8, 4) is 0 Å². The molecule has 2 nitrogen and oxygen atoms in total. The molecule has 0 atom stereocenters. The predicted octanol–water partition coefficient (Wildman–Crippen LogP) is 3.62. The summed E-state index contributed by atoms with van der Waals surface area (Å²) in [7, 11) is 0. The summed E-state index contributed by atoms with van der Waals surface area (Å²) in [6.07, 6.45) is 1.49. The third-order valence-corrected chi connectivity index (χ3v) is 2.40. The summed E-state index contributed by atoms with van der Waals surface area (Å²) in [5.74, 6) is -2.56. The molecule has 90 valence electrons. The monoisotopic (exact) mass is 241 g/mol. The van der Waals surface area contributed by atoms with E-state index >= 15 is 0 Å². The van der Waals surface area contributed by atoms with E-state index in [2.05, 4.69) is 5.32 Å². The first-order chi connectivity index (χ1) is 8.08. The zero-order valence-corrected chi connectivity index (χ0v) is 9.06. The molecule has 1 aromatic heterocycles. The maximum Gasteiger partial charge on any atom is 0.182 e. The van der Waals surface area contributed by atoms with Crippen molar-refractivity contribution >= 4 is 5.69 Å². The van der Waals surface area contributed by atoms with Gasteiger partial charge in [0, 0.05) is 12.1 Å². The van der Waals surface area contributed by atoms with Crippen molar-refractivity contribution in [3.05, 3.63) is 53.2 Å². The fourth-order valence-electron chi connectivity index (χ4n) is 1.45. The van der Waals surface area contributed by atoms with Crippen LogP contribution < -0.4 is 5.32 Å². The SMILES string of the molecule is Cc1ccoc1CNc1cc(F)cc(F)c1F. The van der Waals surface area contributed by atoms with E-state index in [1.54, 1.807) is 6.07 Å². The van der Waals surface area contributed by atoms with Crippen LogP contribution in [0.15, 0.2) is 28.9 Å². The van der Waals surface area contributed by atoms with Crippen LogP contribution in [-0.2, 0) is 6.54 Å². The number of anilines is 1. The van der Waals surface area contributed by atoms with E-state index in [-0.39, 0.29) is 12.2 Å². The summed E-state index contributed by atoms with van der Waals surface area (Å²) in [5.41, 5.74) is 0.660. The molecule has 2 rings (SSSR count). The molecule has 0 spiro atoms. The Morgan fingerprint density at radius 2 is 2.00 bits per heavy atom. The topological polar surface area (TPSA) is 25.2 Å². The van der Waals surface area contributed by atoms with Crippen molar-refractivity contribution in [1.29, 1.82) is 0 Å². The van der Waals surface area contributed by atoms with Gasteiger partial charge in [-0.1, -0.05) is 0 Å². The van der Waals surface area contributed by atoms with E-state index in [4.69, 9.17) is 4.42 Å². The van der Waals surface area contributed by atoms with Gasteiger partial charge >= 0.3 is 0 Å². The third kappa shape index (κ3) is 2.43. The number of hydrogen-bond donors (Lipinski definition) is 1. The van der Waals surface area contributed by atoms with Crippen LogP contribution >= 0.6 is 0 Å². The van der Waals surface area contributed by atoms with Gasteiger partial charge in [-0.25, -0.2) is 13.2 Å². The van der Waals surface area contributed by atoms with Gasteiger partial charge in [-0.3, -0.25) is 0 Å². The molecule has 0 aliphatic heterocycles. The molecule has 2 aromatic rings. The summed E-state index contributed by atoms with van der Waals surface area (Å²) >= 11 is 0. The van der Waals surface area contributed by atoms with Crippen LogP contribution in [0.1, 0.15) is 11.3 Å². The Labute approximate surface area is 96.1 Å². The maximum atomic E-state index is 13.3. The number of furan rings is 1. The minimum Gasteiger partial charge on any atom is -0.467 e. The highest BCUT2D eigenvalue weighted by molar-refractivity contribution is 5.45. The van der Waals surface area contributed by atoms with E-state index in [1.165, 1.54) is 6.26 Å². The van der Waals surface area contributed by atoms with Crippen molar-refractivity contribution in [2.75, 3.05) is 5.32 Å². The number of aryl methyl sites for hydroxylation is 1. The van der Waals surface area contributed by atoms with Gasteiger partial charge in [-0.05, 0) is 18.6 Å². The molecule has 5 heteroatoms. The van der Waals surface area contributed by atoms with Crippen molar-refractivity contribution in [2.24, 2.45) is 0 Å². The normalized spacial score (nSPS) is 10.6. The Morgan fingerprint density at radius 1 is 1.24 bits per heavy atom.